The number of rotatable bonds is 5. The van der Waals surface area contributed by atoms with Gasteiger partial charge in [-0.25, -0.2) is 0 Å². The van der Waals surface area contributed by atoms with Crippen molar-refractivity contribution in [1.82, 2.24) is 0 Å². The molecule has 114 valence electrons. The number of ether oxygens (including phenoxy) is 2. The highest BCUT2D eigenvalue weighted by molar-refractivity contribution is 6.09. The van der Waals surface area contributed by atoms with Crippen molar-refractivity contribution in [3.8, 4) is 17.2 Å². The summed E-state index contributed by atoms with van der Waals surface area (Å²) < 4.78 is 9.88. The number of nitro groups is 1. The van der Waals surface area contributed by atoms with Gasteiger partial charge in [-0.2, -0.15) is 0 Å². The zero-order chi connectivity index (χ0) is 16.3. The molecule has 0 aliphatic rings. The number of phenols is 1. The highest BCUT2D eigenvalue weighted by Crippen LogP contribution is 2.37. The monoisotopic (exact) mass is 303 g/mol. The van der Waals surface area contributed by atoms with E-state index in [1.807, 2.05) is 0 Å². The fraction of sp³-hybridized carbons (Fsp3) is 0.133. The average Bonchev–Trinajstić information content (AvgIpc) is 2.54. The SMILES string of the molecule is COc1ccc(C(=O)c2cc(OC)c(O)c([N+](=O)[O-])c2)cc1. The Balaban J connectivity index is 2.48. The number of carbonyl (C=O) groups excluding carboxylic acids is 1. The highest BCUT2D eigenvalue weighted by Gasteiger charge is 2.23. The minimum absolute atomic E-state index is 0.0477. The third kappa shape index (κ3) is 2.83. The van der Waals surface area contributed by atoms with Crippen molar-refractivity contribution in [1.29, 1.82) is 0 Å². The Morgan fingerprint density at radius 2 is 1.73 bits per heavy atom. The van der Waals surface area contributed by atoms with Gasteiger partial charge in [0.1, 0.15) is 5.75 Å². The smallest absolute Gasteiger partial charge is 0.315 e. The standard InChI is InChI=1S/C15H13NO6/c1-21-11-5-3-9(4-6-11)14(17)10-7-12(16(19)20)15(18)13(8-10)22-2/h3-8,18H,1-2H3. The van der Waals surface area contributed by atoms with Crippen LogP contribution in [0.2, 0.25) is 0 Å². The molecular formula is C15H13NO6. The van der Waals surface area contributed by atoms with E-state index in [1.54, 1.807) is 24.3 Å². The highest BCUT2D eigenvalue weighted by atomic mass is 16.6. The van der Waals surface area contributed by atoms with Gasteiger partial charge >= 0.3 is 5.69 Å². The summed E-state index contributed by atoms with van der Waals surface area (Å²) in [7, 11) is 2.76. The van der Waals surface area contributed by atoms with Gasteiger partial charge in [0.05, 0.1) is 19.1 Å². The molecule has 2 rings (SSSR count). The minimum atomic E-state index is -0.775. The molecule has 0 unspecified atom stereocenters. The lowest BCUT2D eigenvalue weighted by Crippen LogP contribution is -2.03. The summed E-state index contributed by atoms with van der Waals surface area (Å²) in [6, 6.07) is 8.59. The molecular weight excluding hydrogens is 290 g/mol. The molecule has 0 radical (unpaired) electrons. The van der Waals surface area contributed by atoms with Gasteiger partial charge < -0.3 is 14.6 Å². The number of nitrogens with zero attached hydrogens (tertiary/aromatic N) is 1. The number of benzene rings is 2. The van der Waals surface area contributed by atoms with Crippen molar-refractivity contribution in [2.75, 3.05) is 14.2 Å². The van der Waals surface area contributed by atoms with Crippen molar-refractivity contribution in [3.05, 3.63) is 57.6 Å². The lowest BCUT2D eigenvalue weighted by Gasteiger charge is -2.07. The molecule has 0 bridgehead atoms. The number of ketones is 1. The first kappa shape index (κ1) is 15.3. The molecule has 0 spiro atoms. The van der Waals surface area contributed by atoms with Gasteiger partial charge in [0.25, 0.3) is 0 Å². The lowest BCUT2D eigenvalue weighted by molar-refractivity contribution is -0.386. The summed E-state index contributed by atoms with van der Waals surface area (Å²) >= 11 is 0. The van der Waals surface area contributed by atoms with Crippen molar-refractivity contribution < 1.29 is 24.3 Å². The first-order chi connectivity index (χ1) is 10.5. The fourth-order valence-electron chi connectivity index (χ4n) is 1.93. The summed E-state index contributed by atoms with van der Waals surface area (Å²) in [5.74, 6) is -0.584. The van der Waals surface area contributed by atoms with Gasteiger partial charge in [-0.1, -0.05) is 0 Å². The largest absolute Gasteiger partial charge is 0.500 e. The summed E-state index contributed by atoms with van der Waals surface area (Å²) in [5.41, 5.74) is -0.203. The van der Waals surface area contributed by atoms with Gasteiger partial charge in [0.2, 0.25) is 5.75 Å². The summed E-state index contributed by atoms with van der Waals surface area (Å²) in [6.45, 7) is 0. The van der Waals surface area contributed by atoms with Crippen LogP contribution in [-0.4, -0.2) is 30.0 Å². The van der Waals surface area contributed by atoms with Crippen LogP contribution in [0.15, 0.2) is 36.4 Å². The Kier molecular flexibility index (Phi) is 4.26. The second-order valence-electron chi connectivity index (χ2n) is 4.36. The summed E-state index contributed by atoms with van der Waals surface area (Å²) in [5, 5.41) is 20.7. The van der Waals surface area contributed by atoms with Gasteiger partial charge in [0, 0.05) is 17.2 Å². The maximum atomic E-state index is 12.4. The van der Waals surface area contributed by atoms with Gasteiger partial charge in [-0.15, -0.1) is 0 Å². The van der Waals surface area contributed by atoms with E-state index < -0.39 is 22.1 Å². The van der Waals surface area contributed by atoms with Crippen molar-refractivity contribution >= 4 is 11.5 Å². The van der Waals surface area contributed by atoms with Crippen LogP contribution in [0.25, 0.3) is 0 Å². The van der Waals surface area contributed by atoms with Gasteiger partial charge in [0.15, 0.2) is 11.5 Å². The minimum Gasteiger partial charge on any atom is -0.500 e. The predicted octanol–water partition coefficient (Wildman–Crippen LogP) is 2.55. The summed E-state index contributed by atoms with van der Waals surface area (Å²) in [4.78, 5) is 22.6. The maximum Gasteiger partial charge on any atom is 0.315 e. The Morgan fingerprint density at radius 1 is 1.09 bits per heavy atom. The van der Waals surface area contributed by atoms with E-state index in [0.717, 1.165) is 6.07 Å². The number of hydrogen-bond donors (Lipinski definition) is 1. The van der Waals surface area contributed by atoms with Crippen molar-refractivity contribution in [3.63, 3.8) is 0 Å². The Hall–Kier alpha value is -3.09. The number of methoxy groups -OCH3 is 2. The molecule has 2 aromatic rings. The quantitative estimate of drug-likeness (QED) is 0.517. The third-order valence-corrected chi connectivity index (χ3v) is 3.09. The number of nitro benzene ring substituents is 1. The Labute approximate surface area is 125 Å². The second kappa shape index (κ2) is 6.13. The Morgan fingerprint density at radius 3 is 2.23 bits per heavy atom. The number of hydrogen-bond acceptors (Lipinski definition) is 6. The summed E-state index contributed by atoms with van der Waals surface area (Å²) in [6.07, 6.45) is 0. The average molecular weight is 303 g/mol. The van der Waals surface area contributed by atoms with E-state index in [0.29, 0.717) is 11.3 Å². The van der Waals surface area contributed by atoms with Gasteiger partial charge in [-0.3, -0.25) is 14.9 Å². The number of aromatic hydroxyl groups is 1. The first-order valence-corrected chi connectivity index (χ1v) is 6.22. The van der Waals surface area contributed by atoms with E-state index >= 15 is 0 Å². The number of phenolic OH excluding ortho intramolecular Hbond substituents is 1. The van der Waals surface area contributed by atoms with Crippen LogP contribution in [0.5, 0.6) is 17.2 Å². The van der Waals surface area contributed by atoms with E-state index in [2.05, 4.69) is 0 Å². The molecule has 2 aromatic carbocycles. The molecule has 0 fully saturated rings. The van der Waals surface area contributed by atoms with Crippen LogP contribution in [0.4, 0.5) is 5.69 Å². The van der Waals surface area contributed by atoms with Crippen LogP contribution in [0.3, 0.4) is 0 Å². The molecule has 7 heteroatoms. The molecule has 0 heterocycles. The van der Waals surface area contributed by atoms with E-state index in [4.69, 9.17) is 9.47 Å². The maximum absolute atomic E-state index is 12.4. The molecule has 0 atom stereocenters. The molecule has 1 N–H and O–H groups in total. The molecule has 22 heavy (non-hydrogen) atoms. The molecule has 0 aliphatic carbocycles. The molecule has 0 aromatic heterocycles. The van der Waals surface area contributed by atoms with E-state index in [1.165, 1.54) is 20.3 Å². The lowest BCUT2D eigenvalue weighted by atomic mass is 10.0. The van der Waals surface area contributed by atoms with Crippen molar-refractivity contribution in [2.45, 2.75) is 0 Å². The van der Waals surface area contributed by atoms with Crippen LogP contribution in [-0.2, 0) is 0 Å². The second-order valence-corrected chi connectivity index (χ2v) is 4.36. The fourth-order valence-corrected chi connectivity index (χ4v) is 1.93. The van der Waals surface area contributed by atoms with Crippen LogP contribution in [0.1, 0.15) is 15.9 Å². The molecule has 0 saturated carbocycles. The topological polar surface area (TPSA) is 98.9 Å². The molecule has 0 amide bonds. The van der Waals surface area contributed by atoms with E-state index in [-0.39, 0.29) is 11.3 Å². The zero-order valence-corrected chi connectivity index (χ0v) is 11.9. The zero-order valence-electron chi connectivity index (χ0n) is 11.9. The van der Waals surface area contributed by atoms with Gasteiger partial charge in [-0.05, 0) is 30.3 Å². The molecule has 0 saturated heterocycles. The first-order valence-electron chi connectivity index (χ1n) is 6.22. The normalized spacial score (nSPS) is 10.1. The molecule has 7 nitrogen and oxygen atoms in total. The Bertz CT molecular complexity index is 724. The van der Waals surface area contributed by atoms with Crippen molar-refractivity contribution in [2.24, 2.45) is 0 Å². The van der Waals surface area contributed by atoms with Crippen LogP contribution in [0, 0.1) is 10.1 Å². The predicted molar refractivity (Wildman–Crippen MR) is 77.7 cm³/mol. The van der Waals surface area contributed by atoms with Crippen LogP contribution < -0.4 is 9.47 Å². The number of carbonyl (C=O) groups is 1. The van der Waals surface area contributed by atoms with E-state index in [9.17, 15) is 20.0 Å². The third-order valence-electron chi connectivity index (χ3n) is 3.09. The van der Waals surface area contributed by atoms with Crippen LogP contribution >= 0.6 is 0 Å². The molecule has 0 aliphatic heterocycles.